The molecule has 0 heterocycles. The quantitative estimate of drug-likeness (QED) is 0.427. The lowest BCUT2D eigenvalue weighted by atomic mass is 10.1. The zero-order valence-electron chi connectivity index (χ0n) is 12.8. The molecule has 0 fully saturated rings. The Labute approximate surface area is 121 Å². The maximum atomic E-state index is 11.6. The average Bonchev–Trinajstić information content (AvgIpc) is 2.45. The normalized spacial score (nSPS) is 12.4. The Bertz CT molecular complexity index is 515. The van der Waals surface area contributed by atoms with Crippen LogP contribution >= 0.6 is 0 Å². The third-order valence-electron chi connectivity index (χ3n) is 3.15. The molecule has 1 aromatic rings. The molecule has 0 saturated carbocycles. The lowest BCUT2D eigenvalue weighted by Crippen LogP contribution is -2.04. The van der Waals surface area contributed by atoms with Gasteiger partial charge in [0.2, 0.25) is 5.88 Å². The molecule has 1 rings (SSSR count). The number of aliphatic imine (C=N–C) groups is 1. The molecule has 0 bridgehead atoms. The minimum Gasteiger partial charge on any atom is -0.473 e. The summed E-state index contributed by atoms with van der Waals surface area (Å²) in [5.74, 6) is 0.449. The van der Waals surface area contributed by atoms with Crippen molar-refractivity contribution in [2.45, 2.75) is 47.1 Å². The van der Waals surface area contributed by atoms with Gasteiger partial charge in [0.15, 0.2) is 5.78 Å². The molecule has 0 aliphatic heterocycles. The second-order valence-electron chi connectivity index (χ2n) is 4.49. The van der Waals surface area contributed by atoms with E-state index in [4.69, 9.17) is 4.74 Å². The molecule has 0 spiro atoms. The smallest absolute Gasteiger partial charge is 0.220 e. The van der Waals surface area contributed by atoms with Gasteiger partial charge in [0.1, 0.15) is 6.61 Å². The van der Waals surface area contributed by atoms with Gasteiger partial charge in [-0.15, -0.1) is 0 Å². The van der Waals surface area contributed by atoms with E-state index in [9.17, 15) is 4.79 Å². The number of hydrogen-bond donors (Lipinski definition) is 0. The standard InChI is InChI=1S/C17H23NO2/c1-5-14-10-8-9-11-15(14)12-20-17(18-7-3)16(6-2)13(4)19/h7-11H,5-6,12H2,1-4H3/b17-16+,18-7?. The van der Waals surface area contributed by atoms with Gasteiger partial charge in [-0.25, -0.2) is 4.99 Å². The molecule has 0 atom stereocenters. The number of rotatable bonds is 7. The number of allylic oxidation sites excluding steroid dienone is 1. The Hall–Kier alpha value is -1.90. The number of hydrogen-bond acceptors (Lipinski definition) is 3. The van der Waals surface area contributed by atoms with Crippen molar-refractivity contribution in [1.29, 1.82) is 0 Å². The summed E-state index contributed by atoms with van der Waals surface area (Å²) < 4.78 is 5.79. The van der Waals surface area contributed by atoms with Crippen LogP contribution in [-0.4, -0.2) is 12.0 Å². The van der Waals surface area contributed by atoms with Crippen molar-refractivity contribution in [3.8, 4) is 0 Å². The molecule has 0 aliphatic rings. The van der Waals surface area contributed by atoms with Gasteiger partial charge in [0.25, 0.3) is 0 Å². The summed E-state index contributed by atoms with van der Waals surface area (Å²) in [4.78, 5) is 15.8. The lowest BCUT2D eigenvalue weighted by molar-refractivity contribution is -0.114. The summed E-state index contributed by atoms with van der Waals surface area (Å²) in [5.41, 5.74) is 3.03. The van der Waals surface area contributed by atoms with Crippen molar-refractivity contribution in [3.05, 3.63) is 46.8 Å². The molecule has 0 radical (unpaired) electrons. The van der Waals surface area contributed by atoms with E-state index in [0.717, 1.165) is 12.0 Å². The Balaban J connectivity index is 2.96. The summed E-state index contributed by atoms with van der Waals surface area (Å²) in [6, 6.07) is 8.16. The van der Waals surface area contributed by atoms with E-state index < -0.39 is 0 Å². The molecule has 108 valence electrons. The van der Waals surface area contributed by atoms with E-state index in [2.05, 4.69) is 18.0 Å². The van der Waals surface area contributed by atoms with E-state index in [-0.39, 0.29) is 5.78 Å². The van der Waals surface area contributed by atoms with Crippen molar-refractivity contribution in [2.75, 3.05) is 0 Å². The molecular formula is C17H23NO2. The van der Waals surface area contributed by atoms with Gasteiger partial charge in [-0.1, -0.05) is 38.1 Å². The Kier molecular flexibility index (Phi) is 6.71. The molecule has 20 heavy (non-hydrogen) atoms. The summed E-state index contributed by atoms with van der Waals surface area (Å²) in [5, 5.41) is 0. The van der Waals surface area contributed by atoms with Crippen molar-refractivity contribution < 1.29 is 9.53 Å². The van der Waals surface area contributed by atoms with Crippen molar-refractivity contribution in [3.63, 3.8) is 0 Å². The van der Waals surface area contributed by atoms with Crippen LogP contribution in [0.1, 0.15) is 45.2 Å². The fourth-order valence-corrected chi connectivity index (χ4v) is 2.06. The molecular weight excluding hydrogens is 250 g/mol. The second-order valence-corrected chi connectivity index (χ2v) is 4.49. The number of nitrogens with zero attached hydrogens (tertiary/aromatic N) is 1. The number of carbonyl (C=O) groups excluding carboxylic acids is 1. The van der Waals surface area contributed by atoms with Gasteiger partial charge in [0, 0.05) is 6.21 Å². The van der Waals surface area contributed by atoms with Gasteiger partial charge < -0.3 is 4.74 Å². The fourth-order valence-electron chi connectivity index (χ4n) is 2.06. The number of aryl methyl sites for hydroxylation is 1. The van der Waals surface area contributed by atoms with Crippen LogP contribution in [0, 0.1) is 0 Å². The van der Waals surface area contributed by atoms with Crippen LogP contribution in [0.15, 0.2) is 40.7 Å². The first-order valence-corrected chi connectivity index (χ1v) is 7.06. The van der Waals surface area contributed by atoms with Crippen molar-refractivity contribution in [2.24, 2.45) is 4.99 Å². The predicted molar refractivity (Wildman–Crippen MR) is 82.8 cm³/mol. The third-order valence-corrected chi connectivity index (χ3v) is 3.15. The van der Waals surface area contributed by atoms with Gasteiger partial charge in [0.05, 0.1) is 5.57 Å². The second kappa shape index (κ2) is 8.31. The zero-order valence-corrected chi connectivity index (χ0v) is 12.8. The molecule has 3 nitrogen and oxygen atoms in total. The van der Waals surface area contributed by atoms with E-state index in [1.54, 1.807) is 13.1 Å². The first kappa shape index (κ1) is 16.2. The minimum absolute atomic E-state index is 0.0110. The topological polar surface area (TPSA) is 38.7 Å². The Morgan fingerprint density at radius 1 is 1.25 bits per heavy atom. The van der Waals surface area contributed by atoms with Crippen LogP contribution in [0.25, 0.3) is 0 Å². The van der Waals surface area contributed by atoms with Crippen LogP contribution in [0.4, 0.5) is 0 Å². The van der Waals surface area contributed by atoms with E-state index in [1.807, 2.05) is 32.0 Å². The van der Waals surface area contributed by atoms with Gasteiger partial charge in [-0.05, 0) is 37.8 Å². The first-order valence-electron chi connectivity index (χ1n) is 7.06. The minimum atomic E-state index is 0.0110. The average molecular weight is 273 g/mol. The van der Waals surface area contributed by atoms with Gasteiger partial charge >= 0.3 is 0 Å². The maximum Gasteiger partial charge on any atom is 0.220 e. The zero-order chi connectivity index (χ0) is 15.0. The highest BCUT2D eigenvalue weighted by molar-refractivity contribution is 5.93. The van der Waals surface area contributed by atoms with Crippen LogP contribution in [0.5, 0.6) is 0 Å². The lowest BCUT2D eigenvalue weighted by Gasteiger charge is -2.12. The van der Waals surface area contributed by atoms with Gasteiger partial charge in [-0.3, -0.25) is 4.79 Å². The van der Waals surface area contributed by atoms with Crippen LogP contribution in [-0.2, 0) is 22.6 Å². The Morgan fingerprint density at radius 2 is 1.90 bits per heavy atom. The summed E-state index contributed by atoms with van der Waals surface area (Å²) >= 11 is 0. The summed E-state index contributed by atoms with van der Waals surface area (Å²) in [6.45, 7) is 7.86. The highest BCUT2D eigenvalue weighted by Crippen LogP contribution is 2.17. The van der Waals surface area contributed by atoms with Crippen LogP contribution in [0.2, 0.25) is 0 Å². The predicted octanol–water partition coefficient (Wildman–Crippen LogP) is 4.07. The van der Waals surface area contributed by atoms with Crippen LogP contribution < -0.4 is 0 Å². The van der Waals surface area contributed by atoms with E-state index >= 15 is 0 Å². The molecule has 1 aromatic carbocycles. The van der Waals surface area contributed by atoms with Crippen molar-refractivity contribution >= 4 is 12.0 Å². The molecule has 3 heteroatoms. The number of ketones is 1. The summed E-state index contributed by atoms with van der Waals surface area (Å²) in [6.07, 6.45) is 3.24. The fraction of sp³-hybridized carbons (Fsp3) is 0.412. The Morgan fingerprint density at radius 3 is 2.40 bits per heavy atom. The molecule has 0 saturated heterocycles. The SMILES string of the molecule is CC=N/C(OCc1ccccc1CC)=C(/CC)C(C)=O. The molecule has 0 amide bonds. The number of ether oxygens (including phenoxy) is 1. The van der Waals surface area contributed by atoms with Gasteiger partial charge in [-0.2, -0.15) is 0 Å². The number of carbonyl (C=O) groups is 1. The number of benzene rings is 1. The first-order chi connectivity index (χ1) is 9.63. The largest absolute Gasteiger partial charge is 0.473 e. The molecule has 0 aromatic heterocycles. The highest BCUT2D eigenvalue weighted by atomic mass is 16.5. The van der Waals surface area contributed by atoms with Crippen molar-refractivity contribution in [1.82, 2.24) is 0 Å². The summed E-state index contributed by atoms with van der Waals surface area (Å²) in [7, 11) is 0. The third kappa shape index (κ3) is 4.34. The molecule has 0 aliphatic carbocycles. The highest BCUT2D eigenvalue weighted by Gasteiger charge is 2.11. The monoisotopic (exact) mass is 273 g/mol. The maximum absolute atomic E-state index is 11.6. The molecule has 0 N–H and O–H groups in total. The number of Topliss-reactive ketones (excluding diaryl/α,β-unsaturated/α-hetero) is 1. The van der Waals surface area contributed by atoms with E-state index in [0.29, 0.717) is 24.5 Å². The van der Waals surface area contributed by atoms with E-state index in [1.165, 1.54) is 5.56 Å². The molecule has 0 unspecified atom stereocenters. The van der Waals surface area contributed by atoms with Crippen LogP contribution in [0.3, 0.4) is 0 Å².